The number of carboxylic acid groups (broad SMARTS) is 1. The Kier molecular flexibility index (Phi) is 3.53. The van der Waals surface area contributed by atoms with Gasteiger partial charge in [-0.05, 0) is 61.1 Å². The number of halogens is 1. The molecule has 0 amide bonds. The van der Waals surface area contributed by atoms with Gasteiger partial charge in [0.05, 0.1) is 5.92 Å². The molecule has 2 bridgehead atoms. The summed E-state index contributed by atoms with van der Waals surface area (Å²) in [5.74, 6) is 0.969. The van der Waals surface area contributed by atoms with Crippen LogP contribution in [0.3, 0.4) is 0 Å². The van der Waals surface area contributed by atoms with Gasteiger partial charge in [0.15, 0.2) is 0 Å². The average Bonchev–Trinajstić information content (AvgIpc) is 3.00. The number of fused-ring (bicyclic) bond motifs is 2. The van der Waals surface area contributed by atoms with Crippen LogP contribution in [0.25, 0.3) is 0 Å². The molecule has 3 heteroatoms. The van der Waals surface area contributed by atoms with Crippen LogP contribution in [-0.4, -0.2) is 11.1 Å². The SMILES string of the molecule is O=C(O)C(Cc1ccc(Cl)cc1)C1CC2CCC1C2. The summed E-state index contributed by atoms with van der Waals surface area (Å²) < 4.78 is 0. The zero-order chi connectivity index (χ0) is 13.4. The van der Waals surface area contributed by atoms with Gasteiger partial charge < -0.3 is 5.11 Å². The molecule has 0 radical (unpaired) electrons. The van der Waals surface area contributed by atoms with Crippen LogP contribution in [0.4, 0.5) is 0 Å². The predicted octanol–water partition coefficient (Wildman–Crippen LogP) is 4.02. The number of carboxylic acids is 1. The fourth-order valence-corrected chi connectivity index (χ4v) is 4.21. The first-order valence-corrected chi connectivity index (χ1v) is 7.48. The van der Waals surface area contributed by atoms with Crippen molar-refractivity contribution >= 4 is 17.6 Å². The van der Waals surface area contributed by atoms with Crippen LogP contribution in [-0.2, 0) is 11.2 Å². The van der Waals surface area contributed by atoms with Gasteiger partial charge in [-0.3, -0.25) is 4.79 Å². The van der Waals surface area contributed by atoms with Crippen LogP contribution in [0, 0.1) is 23.7 Å². The molecule has 1 aromatic rings. The zero-order valence-electron chi connectivity index (χ0n) is 10.9. The minimum Gasteiger partial charge on any atom is -0.481 e. The topological polar surface area (TPSA) is 37.3 Å². The lowest BCUT2D eigenvalue weighted by atomic mass is 9.77. The molecule has 2 aliphatic rings. The van der Waals surface area contributed by atoms with Crippen molar-refractivity contribution in [2.24, 2.45) is 23.7 Å². The van der Waals surface area contributed by atoms with Crippen LogP contribution >= 0.6 is 11.6 Å². The Hall–Kier alpha value is -1.02. The lowest BCUT2D eigenvalue weighted by molar-refractivity contribution is -0.144. The van der Waals surface area contributed by atoms with E-state index in [2.05, 4.69) is 0 Å². The van der Waals surface area contributed by atoms with E-state index >= 15 is 0 Å². The summed E-state index contributed by atoms with van der Waals surface area (Å²) in [6, 6.07) is 7.59. The van der Waals surface area contributed by atoms with Crippen molar-refractivity contribution in [2.45, 2.75) is 32.1 Å². The van der Waals surface area contributed by atoms with Crippen LogP contribution in [0.1, 0.15) is 31.2 Å². The molecule has 2 aliphatic carbocycles. The first-order valence-electron chi connectivity index (χ1n) is 7.10. The van der Waals surface area contributed by atoms with Gasteiger partial charge in [0.25, 0.3) is 0 Å². The Balaban J connectivity index is 1.74. The van der Waals surface area contributed by atoms with E-state index in [1.165, 1.54) is 19.3 Å². The molecule has 0 heterocycles. The molecule has 0 spiro atoms. The molecule has 0 saturated heterocycles. The normalized spacial score (nSPS) is 30.5. The minimum absolute atomic E-state index is 0.225. The number of rotatable bonds is 4. The highest BCUT2D eigenvalue weighted by Gasteiger charge is 2.45. The van der Waals surface area contributed by atoms with Crippen molar-refractivity contribution in [3.63, 3.8) is 0 Å². The lowest BCUT2D eigenvalue weighted by Crippen LogP contribution is -2.29. The molecule has 2 nitrogen and oxygen atoms in total. The molecular weight excluding hydrogens is 260 g/mol. The Morgan fingerprint density at radius 1 is 1.26 bits per heavy atom. The summed E-state index contributed by atoms with van der Waals surface area (Å²) in [6.45, 7) is 0. The molecule has 4 unspecified atom stereocenters. The molecular formula is C16H19ClO2. The van der Waals surface area contributed by atoms with E-state index in [0.29, 0.717) is 23.3 Å². The first-order chi connectivity index (χ1) is 9.13. The Morgan fingerprint density at radius 2 is 2.00 bits per heavy atom. The summed E-state index contributed by atoms with van der Waals surface area (Å²) in [7, 11) is 0. The van der Waals surface area contributed by atoms with Crippen molar-refractivity contribution in [3.8, 4) is 0 Å². The highest BCUT2D eigenvalue weighted by atomic mass is 35.5. The first kappa shape index (κ1) is 13.0. The summed E-state index contributed by atoms with van der Waals surface area (Å²) >= 11 is 5.87. The van der Waals surface area contributed by atoms with E-state index in [1.807, 2.05) is 24.3 Å². The maximum absolute atomic E-state index is 11.6. The monoisotopic (exact) mass is 278 g/mol. The van der Waals surface area contributed by atoms with Crippen molar-refractivity contribution in [1.29, 1.82) is 0 Å². The third-order valence-electron chi connectivity index (χ3n) is 5.00. The van der Waals surface area contributed by atoms with Gasteiger partial charge in [-0.1, -0.05) is 30.2 Å². The van der Waals surface area contributed by atoms with Crippen LogP contribution in [0.15, 0.2) is 24.3 Å². The predicted molar refractivity (Wildman–Crippen MR) is 75.2 cm³/mol. The number of carbonyl (C=O) groups is 1. The molecule has 0 aromatic heterocycles. The molecule has 1 aromatic carbocycles. The summed E-state index contributed by atoms with van der Waals surface area (Å²) in [5, 5.41) is 10.3. The third kappa shape index (κ3) is 2.64. The van der Waals surface area contributed by atoms with E-state index in [4.69, 9.17) is 11.6 Å². The molecule has 4 atom stereocenters. The van der Waals surface area contributed by atoms with Gasteiger partial charge in [0.1, 0.15) is 0 Å². The van der Waals surface area contributed by atoms with Crippen LogP contribution < -0.4 is 0 Å². The highest BCUT2D eigenvalue weighted by molar-refractivity contribution is 6.30. The molecule has 3 rings (SSSR count). The van der Waals surface area contributed by atoms with Crippen molar-refractivity contribution < 1.29 is 9.90 Å². The van der Waals surface area contributed by atoms with Crippen LogP contribution in [0.2, 0.25) is 5.02 Å². The maximum atomic E-state index is 11.6. The van der Waals surface area contributed by atoms with Crippen LogP contribution in [0.5, 0.6) is 0 Å². The average molecular weight is 279 g/mol. The molecule has 2 fully saturated rings. The highest BCUT2D eigenvalue weighted by Crippen LogP contribution is 2.51. The third-order valence-corrected chi connectivity index (χ3v) is 5.25. The molecule has 0 aliphatic heterocycles. The zero-order valence-corrected chi connectivity index (χ0v) is 11.6. The quantitative estimate of drug-likeness (QED) is 0.903. The molecule has 102 valence electrons. The van der Waals surface area contributed by atoms with Crippen molar-refractivity contribution in [1.82, 2.24) is 0 Å². The van der Waals surface area contributed by atoms with E-state index < -0.39 is 5.97 Å². The summed E-state index contributed by atoms with van der Waals surface area (Å²) in [4.78, 5) is 11.6. The van der Waals surface area contributed by atoms with E-state index in [1.54, 1.807) is 0 Å². The summed E-state index contributed by atoms with van der Waals surface area (Å²) in [6.07, 6.45) is 5.57. The maximum Gasteiger partial charge on any atom is 0.307 e. The van der Waals surface area contributed by atoms with Crippen molar-refractivity contribution in [3.05, 3.63) is 34.9 Å². The van der Waals surface area contributed by atoms with Gasteiger partial charge in [0.2, 0.25) is 0 Å². The van der Waals surface area contributed by atoms with E-state index in [-0.39, 0.29) is 5.92 Å². The van der Waals surface area contributed by atoms with Gasteiger partial charge in [-0.2, -0.15) is 0 Å². The molecule has 19 heavy (non-hydrogen) atoms. The van der Waals surface area contributed by atoms with Gasteiger partial charge in [-0.25, -0.2) is 0 Å². The smallest absolute Gasteiger partial charge is 0.307 e. The lowest BCUT2D eigenvalue weighted by Gasteiger charge is -2.27. The van der Waals surface area contributed by atoms with Gasteiger partial charge in [-0.15, -0.1) is 0 Å². The molecule has 2 saturated carbocycles. The standard InChI is InChI=1S/C16H19ClO2/c17-13-5-2-10(3-6-13)8-15(16(18)19)14-9-11-1-4-12(14)7-11/h2-3,5-6,11-12,14-15H,1,4,7-9H2,(H,18,19). The number of benzene rings is 1. The van der Waals surface area contributed by atoms with Gasteiger partial charge in [0, 0.05) is 5.02 Å². The second-order valence-electron chi connectivity index (χ2n) is 6.11. The molecule has 1 N–H and O–H groups in total. The number of aliphatic carboxylic acids is 1. The van der Waals surface area contributed by atoms with Crippen molar-refractivity contribution in [2.75, 3.05) is 0 Å². The van der Waals surface area contributed by atoms with Gasteiger partial charge >= 0.3 is 5.97 Å². The Morgan fingerprint density at radius 3 is 2.53 bits per heavy atom. The fourth-order valence-electron chi connectivity index (χ4n) is 4.08. The largest absolute Gasteiger partial charge is 0.481 e. The second-order valence-corrected chi connectivity index (χ2v) is 6.55. The fraction of sp³-hybridized carbons (Fsp3) is 0.562. The van der Waals surface area contributed by atoms with E-state index in [0.717, 1.165) is 17.9 Å². The van der Waals surface area contributed by atoms with E-state index in [9.17, 15) is 9.90 Å². The summed E-state index contributed by atoms with van der Waals surface area (Å²) in [5.41, 5.74) is 1.08. The Labute approximate surface area is 118 Å². The second kappa shape index (κ2) is 5.16. The Bertz CT molecular complexity index is 468. The minimum atomic E-state index is -0.632. The number of hydrogen-bond donors (Lipinski definition) is 1. The number of hydrogen-bond acceptors (Lipinski definition) is 1.